The summed E-state index contributed by atoms with van der Waals surface area (Å²) < 4.78 is 10.7. The van der Waals surface area contributed by atoms with Gasteiger partial charge in [0.25, 0.3) is 0 Å². The Morgan fingerprint density at radius 3 is 1.58 bits per heavy atom. The zero-order valence-corrected chi connectivity index (χ0v) is 18.1. The van der Waals surface area contributed by atoms with Crippen LogP contribution in [0.25, 0.3) is 33.9 Å². The Balaban J connectivity index is 1.95. The summed E-state index contributed by atoms with van der Waals surface area (Å²) >= 11 is 0. The molecule has 0 radical (unpaired) electrons. The molecule has 3 aromatic carbocycles. The maximum Gasteiger partial charge on any atom is 0.160 e. The highest BCUT2D eigenvalue weighted by Gasteiger charge is 2.18. The maximum absolute atomic E-state index is 5.35. The Morgan fingerprint density at radius 1 is 0.613 bits per heavy atom. The quantitative estimate of drug-likeness (QED) is 0.351. The van der Waals surface area contributed by atoms with E-state index in [0.717, 1.165) is 58.0 Å². The van der Waals surface area contributed by atoms with E-state index in [2.05, 4.69) is 31.2 Å². The van der Waals surface area contributed by atoms with Gasteiger partial charge in [0.05, 0.1) is 25.6 Å². The minimum absolute atomic E-state index is 0.701. The molecular weight excluding hydrogens is 384 g/mol. The van der Waals surface area contributed by atoms with E-state index in [1.807, 2.05) is 54.6 Å². The number of benzene rings is 3. The van der Waals surface area contributed by atoms with E-state index in [1.165, 1.54) is 0 Å². The monoisotopic (exact) mass is 410 g/mol. The first-order valence-corrected chi connectivity index (χ1v) is 10.5. The lowest BCUT2D eigenvalue weighted by Crippen LogP contribution is -2.03. The largest absolute Gasteiger partial charge is 0.497 e. The fraction of sp³-hybridized carbons (Fsp3) is 0.185. The molecule has 4 nitrogen and oxygen atoms in total. The predicted molar refractivity (Wildman–Crippen MR) is 125 cm³/mol. The molecule has 0 aliphatic heterocycles. The van der Waals surface area contributed by atoms with Gasteiger partial charge in [-0.2, -0.15) is 0 Å². The second-order valence-electron chi connectivity index (χ2n) is 7.30. The minimum atomic E-state index is 0.701. The fourth-order valence-corrected chi connectivity index (χ4v) is 3.66. The second-order valence-corrected chi connectivity index (χ2v) is 7.30. The SMILES string of the molecule is CCCc1c(-c2ccccc2)nc(-c2ccc(OC)cc2)nc1-c1ccc(OC)cc1. The summed E-state index contributed by atoms with van der Waals surface area (Å²) in [6.45, 7) is 2.18. The molecule has 1 aromatic heterocycles. The molecule has 0 amide bonds. The number of nitrogens with zero attached hydrogens (tertiary/aromatic N) is 2. The van der Waals surface area contributed by atoms with Crippen LogP contribution < -0.4 is 9.47 Å². The van der Waals surface area contributed by atoms with E-state index < -0.39 is 0 Å². The Hall–Kier alpha value is -3.66. The molecule has 0 atom stereocenters. The van der Waals surface area contributed by atoms with Crippen molar-refractivity contribution in [1.29, 1.82) is 0 Å². The fourth-order valence-electron chi connectivity index (χ4n) is 3.66. The smallest absolute Gasteiger partial charge is 0.160 e. The first-order chi connectivity index (χ1) is 15.2. The summed E-state index contributed by atoms with van der Waals surface area (Å²) in [4.78, 5) is 10.1. The van der Waals surface area contributed by atoms with Crippen molar-refractivity contribution in [3.8, 4) is 45.4 Å². The molecule has 0 aliphatic rings. The van der Waals surface area contributed by atoms with Gasteiger partial charge in [-0.15, -0.1) is 0 Å². The highest BCUT2D eigenvalue weighted by atomic mass is 16.5. The molecule has 0 bridgehead atoms. The molecule has 0 N–H and O–H groups in total. The molecule has 4 rings (SSSR count). The van der Waals surface area contributed by atoms with Gasteiger partial charge in [-0.05, 0) is 55.0 Å². The van der Waals surface area contributed by atoms with Crippen LogP contribution in [-0.2, 0) is 6.42 Å². The average Bonchev–Trinajstić information content (AvgIpc) is 2.85. The van der Waals surface area contributed by atoms with Crippen LogP contribution in [0.3, 0.4) is 0 Å². The number of hydrogen-bond donors (Lipinski definition) is 0. The van der Waals surface area contributed by atoms with Gasteiger partial charge in [0.2, 0.25) is 0 Å². The van der Waals surface area contributed by atoms with Crippen LogP contribution in [0.2, 0.25) is 0 Å². The van der Waals surface area contributed by atoms with Crippen molar-refractivity contribution in [1.82, 2.24) is 9.97 Å². The summed E-state index contributed by atoms with van der Waals surface area (Å²) in [5.41, 5.74) is 6.21. The van der Waals surface area contributed by atoms with Crippen LogP contribution in [0, 0.1) is 0 Å². The van der Waals surface area contributed by atoms with Crippen LogP contribution in [0.1, 0.15) is 18.9 Å². The molecule has 156 valence electrons. The second kappa shape index (κ2) is 9.43. The molecule has 0 saturated heterocycles. The third-order valence-corrected chi connectivity index (χ3v) is 5.27. The lowest BCUT2D eigenvalue weighted by atomic mass is 9.96. The van der Waals surface area contributed by atoms with Crippen LogP contribution in [0.4, 0.5) is 0 Å². The Labute approximate surface area is 183 Å². The predicted octanol–water partition coefficient (Wildman–Crippen LogP) is 6.45. The van der Waals surface area contributed by atoms with Crippen molar-refractivity contribution < 1.29 is 9.47 Å². The maximum atomic E-state index is 5.35. The van der Waals surface area contributed by atoms with Gasteiger partial charge in [-0.25, -0.2) is 9.97 Å². The van der Waals surface area contributed by atoms with Gasteiger partial charge in [-0.3, -0.25) is 0 Å². The molecule has 0 fully saturated rings. The van der Waals surface area contributed by atoms with Gasteiger partial charge in [0.1, 0.15) is 11.5 Å². The number of methoxy groups -OCH3 is 2. The highest BCUT2D eigenvalue weighted by molar-refractivity contribution is 5.77. The summed E-state index contributed by atoms with van der Waals surface area (Å²) in [6, 6.07) is 26.3. The Morgan fingerprint density at radius 2 is 1.10 bits per heavy atom. The van der Waals surface area contributed by atoms with Crippen LogP contribution in [0.15, 0.2) is 78.9 Å². The molecule has 0 unspecified atom stereocenters. The van der Waals surface area contributed by atoms with Crippen molar-refractivity contribution >= 4 is 0 Å². The standard InChI is InChI=1S/C27H26N2O2/c1-4-8-24-25(19-9-6-5-7-10-19)28-27(21-13-17-23(31-3)18-14-21)29-26(24)20-11-15-22(30-2)16-12-20/h5-7,9-18H,4,8H2,1-3H3. The summed E-state index contributed by atoms with van der Waals surface area (Å²) in [5, 5.41) is 0. The molecule has 1 heterocycles. The Bertz CT molecular complexity index is 1140. The third-order valence-electron chi connectivity index (χ3n) is 5.27. The Kier molecular flexibility index (Phi) is 6.27. The lowest BCUT2D eigenvalue weighted by molar-refractivity contribution is 0.415. The number of rotatable bonds is 7. The van der Waals surface area contributed by atoms with E-state index in [4.69, 9.17) is 19.4 Å². The zero-order chi connectivity index (χ0) is 21.6. The molecule has 31 heavy (non-hydrogen) atoms. The first-order valence-electron chi connectivity index (χ1n) is 10.5. The molecule has 0 aliphatic carbocycles. The van der Waals surface area contributed by atoms with Crippen LogP contribution in [0.5, 0.6) is 11.5 Å². The van der Waals surface area contributed by atoms with Crippen molar-refractivity contribution in [2.75, 3.05) is 14.2 Å². The minimum Gasteiger partial charge on any atom is -0.497 e. The van der Waals surface area contributed by atoms with Crippen molar-refractivity contribution in [3.63, 3.8) is 0 Å². The van der Waals surface area contributed by atoms with Crippen molar-refractivity contribution in [3.05, 3.63) is 84.4 Å². The van der Waals surface area contributed by atoms with E-state index in [9.17, 15) is 0 Å². The van der Waals surface area contributed by atoms with Gasteiger partial charge in [-0.1, -0.05) is 43.7 Å². The van der Waals surface area contributed by atoms with E-state index in [0.29, 0.717) is 5.82 Å². The average molecular weight is 411 g/mol. The topological polar surface area (TPSA) is 44.2 Å². The molecule has 0 spiro atoms. The molecule has 4 heteroatoms. The summed E-state index contributed by atoms with van der Waals surface area (Å²) in [7, 11) is 3.35. The zero-order valence-electron chi connectivity index (χ0n) is 18.1. The van der Waals surface area contributed by atoms with Crippen molar-refractivity contribution in [2.24, 2.45) is 0 Å². The van der Waals surface area contributed by atoms with E-state index in [1.54, 1.807) is 14.2 Å². The third kappa shape index (κ3) is 4.43. The van der Waals surface area contributed by atoms with Gasteiger partial charge >= 0.3 is 0 Å². The first kappa shape index (κ1) is 20.6. The van der Waals surface area contributed by atoms with Crippen LogP contribution >= 0.6 is 0 Å². The number of aromatic nitrogens is 2. The van der Waals surface area contributed by atoms with Crippen LogP contribution in [-0.4, -0.2) is 24.2 Å². The lowest BCUT2D eigenvalue weighted by Gasteiger charge is -2.16. The van der Waals surface area contributed by atoms with Gasteiger partial charge < -0.3 is 9.47 Å². The van der Waals surface area contributed by atoms with Gasteiger partial charge in [0.15, 0.2) is 5.82 Å². The number of hydrogen-bond acceptors (Lipinski definition) is 4. The molecular formula is C27H26N2O2. The molecule has 4 aromatic rings. The number of ether oxygens (including phenoxy) is 2. The highest BCUT2D eigenvalue weighted by Crippen LogP contribution is 2.34. The van der Waals surface area contributed by atoms with Gasteiger partial charge in [0, 0.05) is 22.3 Å². The molecule has 0 saturated carbocycles. The van der Waals surface area contributed by atoms with E-state index >= 15 is 0 Å². The summed E-state index contributed by atoms with van der Waals surface area (Å²) in [5.74, 6) is 2.34. The van der Waals surface area contributed by atoms with Crippen molar-refractivity contribution in [2.45, 2.75) is 19.8 Å². The summed E-state index contributed by atoms with van der Waals surface area (Å²) in [6.07, 6.45) is 1.91. The van der Waals surface area contributed by atoms with E-state index in [-0.39, 0.29) is 0 Å². The normalized spacial score (nSPS) is 10.7.